The minimum Gasteiger partial charge on any atom is -0.352 e. The van der Waals surface area contributed by atoms with Crippen molar-refractivity contribution in [3.8, 4) is 0 Å². The van der Waals surface area contributed by atoms with Crippen molar-refractivity contribution >= 4 is 11.9 Å². The standard InChI is InChI=1S/C16H24FN3O2/c1-3-4-12-20(2)16(22)19-11-7-10-18-15(21)13-8-5-6-9-14(13)17/h5-6,8-9H,3-4,7,10-12H2,1-2H3,(H,18,21)(H,19,22). The maximum atomic E-state index is 13.4. The number of nitrogens with zero attached hydrogens (tertiary/aromatic N) is 1. The highest BCUT2D eigenvalue weighted by Crippen LogP contribution is 2.05. The summed E-state index contributed by atoms with van der Waals surface area (Å²) >= 11 is 0. The van der Waals surface area contributed by atoms with Gasteiger partial charge in [0, 0.05) is 26.7 Å². The van der Waals surface area contributed by atoms with Crippen molar-refractivity contribution in [3.63, 3.8) is 0 Å². The molecule has 0 spiro atoms. The summed E-state index contributed by atoms with van der Waals surface area (Å²) in [5.41, 5.74) is 0.0332. The Labute approximate surface area is 130 Å². The highest BCUT2D eigenvalue weighted by molar-refractivity contribution is 5.94. The predicted octanol–water partition coefficient (Wildman–Crippen LogP) is 2.39. The number of halogens is 1. The van der Waals surface area contributed by atoms with Gasteiger partial charge < -0.3 is 15.5 Å². The first kappa shape index (κ1) is 17.9. The molecule has 0 heterocycles. The minimum atomic E-state index is -0.536. The topological polar surface area (TPSA) is 61.4 Å². The third-order valence-electron chi connectivity index (χ3n) is 3.23. The number of hydrogen-bond donors (Lipinski definition) is 2. The molecule has 0 unspecified atom stereocenters. The molecule has 0 aliphatic heterocycles. The molecule has 122 valence electrons. The van der Waals surface area contributed by atoms with E-state index in [-0.39, 0.29) is 11.6 Å². The predicted molar refractivity (Wildman–Crippen MR) is 84.3 cm³/mol. The Morgan fingerprint density at radius 1 is 1.14 bits per heavy atom. The second kappa shape index (κ2) is 9.76. The molecule has 2 N–H and O–H groups in total. The molecule has 0 atom stereocenters. The van der Waals surface area contributed by atoms with E-state index < -0.39 is 11.7 Å². The molecule has 22 heavy (non-hydrogen) atoms. The molecule has 0 aromatic heterocycles. The maximum Gasteiger partial charge on any atom is 0.317 e. The van der Waals surface area contributed by atoms with Crippen LogP contribution in [0.3, 0.4) is 0 Å². The maximum absolute atomic E-state index is 13.4. The zero-order chi connectivity index (χ0) is 16.4. The second-order valence-electron chi connectivity index (χ2n) is 5.10. The summed E-state index contributed by atoms with van der Waals surface area (Å²) < 4.78 is 13.4. The number of rotatable bonds is 8. The lowest BCUT2D eigenvalue weighted by Gasteiger charge is -2.17. The van der Waals surface area contributed by atoms with Crippen molar-refractivity contribution in [2.24, 2.45) is 0 Å². The number of amides is 3. The number of carbonyl (C=O) groups is 2. The van der Waals surface area contributed by atoms with Crippen LogP contribution in [0.2, 0.25) is 0 Å². The molecule has 0 aliphatic rings. The summed E-state index contributed by atoms with van der Waals surface area (Å²) in [4.78, 5) is 25.1. The molecule has 1 rings (SSSR count). The van der Waals surface area contributed by atoms with Gasteiger partial charge in [-0.05, 0) is 25.0 Å². The smallest absolute Gasteiger partial charge is 0.317 e. The second-order valence-corrected chi connectivity index (χ2v) is 5.10. The Morgan fingerprint density at radius 3 is 2.50 bits per heavy atom. The van der Waals surface area contributed by atoms with E-state index in [1.165, 1.54) is 18.2 Å². The average Bonchev–Trinajstić information content (AvgIpc) is 2.52. The fourth-order valence-electron chi connectivity index (χ4n) is 1.86. The molecule has 1 aromatic carbocycles. The summed E-state index contributed by atoms with van der Waals surface area (Å²) in [5, 5.41) is 5.41. The summed E-state index contributed by atoms with van der Waals surface area (Å²) in [5.74, 6) is -0.977. The zero-order valence-electron chi connectivity index (χ0n) is 13.2. The molecule has 0 radical (unpaired) electrons. The lowest BCUT2D eigenvalue weighted by atomic mass is 10.2. The van der Waals surface area contributed by atoms with Gasteiger partial charge in [-0.25, -0.2) is 9.18 Å². The Kier molecular flexibility index (Phi) is 7.96. The minimum absolute atomic E-state index is 0.0332. The van der Waals surface area contributed by atoms with Crippen LogP contribution in [0.5, 0.6) is 0 Å². The van der Waals surface area contributed by atoms with Crippen molar-refractivity contribution in [2.75, 3.05) is 26.7 Å². The fraction of sp³-hybridized carbons (Fsp3) is 0.500. The average molecular weight is 309 g/mol. The van der Waals surface area contributed by atoms with Crippen molar-refractivity contribution in [2.45, 2.75) is 26.2 Å². The van der Waals surface area contributed by atoms with Gasteiger partial charge in [0.2, 0.25) is 0 Å². The van der Waals surface area contributed by atoms with Crippen molar-refractivity contribution in [3.05, 3.63) is 35.6 Å². The van der Waals surface area contributed by atoms with Crippen LogP contribution in [0.15, 0.2) is 24.3 Å². The van der Waals surface area contributed by atoms with Gasteiger partial charge in [-0.2, -0.15) is 0 Å². The molecular weight excluding hydrogens is 285 g/mol. The largest absolute Gasteiger partial charge is 0.352 e. The SMILES string of the molecule is CCCCN(C)C(=O)NCCCNC(=O)c1ccccc1F. The van der Waals surface area contributed by atoms with Crippen LogP contribution in [-0.2, 0) is 0 Å². The molecule has 0 fully saturated rings. The van der Waals surface area contributed by atoms with Crippen LogP contribution in [0.4, 0.5) is 9.18 Å². The van der Waals surface area contributed by atoms with Crippen LogP contribution in [-0.4, -0.2) is 43.5 Å². The number of benzene rings is 1. The first-order chi connectivity index (χ1) is 10.6. The van der Waals surface area contributed by atoms with E-state index >= 15 is 0 Å². The third kappa shape index (κ3) is 6.11. The molecule has 5 nitrogen and oxygen atoms in total. The van der Waals surface area contributed by atoms with E-state index in [0.29, 0.717) is 19.5 Å². The van der Waals surface area contributed by atoms with Crippen LogP contribution < -0.4 is 10.6 Å². The van der Waals surface area contributed by atoms with Gasteiger partial charge >= 0.3 is 6.03 Å². The molecule has 3 amide bonds. The van der Waals surface area contributed by atoms with Gasteiger partial charge in [-0.3, -0.25) is 4.79 Å². The van der Waals surface area contributed by atoms with Crippen LogP contribution in [0.1, 0.15) is 36.5 Å². The zero-order valence-corrected chi connectivity index (χ0v) is 13.2. The normalized spacial score (nSPS) is 10.1. The Morgan fingerprint density at radius 2 is 1.82 bits per heavy atom. The van der Waals surface area contributed by atoms with Crippen LogP contribution in [0, 0.1) is 5.82 Å². The Balaban J connectivity index is 2.19. The van der Waals surface area contributed by atoms with Crippen LogP contribution in [0.25, 0.3) is 0 Å². The first-order valence-corrected chi connectivity index (χ1v) is 7.58. The lowest BCUT2D eigenvalue weighted by Crippen LogP contribution is -2.39. The van der Waals surface area contributed by atoms with Gasteiger partial charge in [0.15, 0.2) is 0 Å². The molecule has 0 saturated heterocycles. The summed E-state index contributed by atoms with van der Waals surface area (Å²) in [6.07, 6.45) is 2.61. The van der Waals surface area contributed by atoms with Crippen LogP contribution >= 0.6 is 0 Å². The van der Waals surface area contributed by atoms with Crippen molar-refractivity contribution in [1.82, 2.24) is 15.5 Å². The number of unbranched alkanes of at least 4 members (excludes halogenated alkanes) is 1. The molecule has 1 aromatic rings. The van der Waals surface area contributed by atoms with Crippen molar-refractivity contribution < 1.29 is 14.0 Å². The number of carbonyl (C=O) groups excluding carboxylic acids is 2. The van der Waals surface area contributed by atoms with Gasteiger partial charge in [0.05, 0.1) is 5.56 Å². The lowest BCUT2D eigenvalue weighted by molar-refractivity contribution is 0.0949. The quantitative estimate of drug-likeness (QED) is 0.724. The van der Waals surface area contributed by atoms with Gasteiger partial charge in [0.1, 0.15) is 5.82 Å². The summed E-state index contributed by atoms with van der Waals surface area (Å²) in [6.45, 7) is 3.65. The molecular formula is C16H24FN3O2. The Bertz CT molecular complexity index is 494. The van der Waals surface area contributed by atoms with Gasteiger partial charge in [0.25, 0.3) is 5.91 Å². The molecule has 0 bridgehead atoms. The van der Waals surface area contributed by atoms with E-state index in [4.69, 9.17) is 0 Å². The Hall–Kier alpha value is -2.11. The number of urea groups is 1. The van der Waals surface area contributed by atoms with Crippen molar-refractivity contribution in [1.29, 1.82) is 0 Å². The summed E-state index contributed by atoms with van der Waals surface area (Å²) in [7, 11) is 1.75. The van der Waals surface area contributed by atoms with Gasteiger partial charge in [-0.1, -0.05) is 25.5 Å². The number of nitrogens with one attached hydrogen (secondary N) is 2. The molecule has 0 aliphatic carbocycles. The molecule has 6 heteroatoms. The van der Waals surface area contributed by atoms with Gasteiger partial charge in [-0.15, -0.1) is 0 Å². The summed E-state index contributed by atoms with van der Waals surface area (Å²) in [6, 6.07) is 5.73. The number of hydrogen-bond acceptors (Lipinski definition) is 2. The van der Waals surface area contributed by atoms with E-state index in [1.54, 1.807) is 18.0 Å². The fourth-order valence-corrected chi connectivity index (χ4v) is 1.86. The van der Waals surface area contributed by atoms with E-state index in [0.717, 1.165) is 19.4 Å². The monoisotopic (exact) mass is 309 g/mol. The first-order valence-electron chi connectivity index (χ1n) is 7.58. The van der Waals surface area contributed by atoms with E-state index in [1.807, 2.05) is 0 Å². The third-order valence-corrected chi connectivity index (χ3v) is 3.23. The van der Waals surface area contributed by atoms with E-state index in [9.17, 15) is 14.0 Å². The molecule has 0 saturated carbocycles. The van der Waals surface area contributed by atoms with E-state index in [2.05, 4.69) is 17.6 Å². The highest BCUT2D eigenvalue weighted by atomic mass is 19.1. The highest BCUT2D eigenvalue weighted by Gasteiger charge is 2.10.